The van der Waals surface area contributed by atoms with Crippen molar-refractivity contribution >= 4 is 17.7 Å². The summed E-state index contributed by atoms with van der Waals surface area (Å²) in [6.07, 6.45) is 0.493. The molecule has 1 atom stereocenters. The Kier molecular flexibility index (Phi) is 6.45. The van der Waals surface area contributed by atoms with Gasteiger partial charge in [-0.05, 0) is 35.7 Å². The van der Waals surface area contributed by atoms with Gasteiger partial charge in [-0.2, -0.15) is 0 Å². The summed E-state index contributed by atoms with van der Waals surface area (Å²) in [7, 11) is 0. The number of ether oxygens (including phenoxy) is 2. The van der Waals surface area contributed by atoms with E-state index in [4.69, 9.17) is 9.47 Å². The first-order chi connectivity index (χ1) is 12.6. The van der Waals surface area contributed by atoms with Gasteiger partial charge in [-0.3, -0.25) is 4.79 Å². The molecule has 0 spiro atoms. The predicted molar refractivity (Wildman–Crippen MR) is 105 cm³/mol. The molecule has 2 aromatic rings. The second-order valence-electron chi connectivity index (χ2n) is 6.60. The number of fused-ring (bicyclic) bond motifs is 1. The molecule has 138 valence electrons. The number of benzene rings is 2. The van der Waals surface area contributed by atoms with Crippen molar-refractivity contribution in [1.29, 1.82) is 0 Å². The van der Waals surface area contributed by atoms with Crippen molar-refractivity contribution < 1.29 is 14.3 Å². The predicted octanol–water partition coefficient (Wildman–Crippen LogP) is 4.45. The molecular weight excluding hydrogens is 346 g/mol. The van der Waals surface area contributed by atoms with E-state index in [-0.39, 0.29) is 17.9 Å². The molecule has 1 aliphatic rings. The van der Waals surface area contributed by atoms with Gasteiger partial charge in [0.25, 0.3) is 0 Å². The quantitative estimate of drug-likeness (QED) is 0.730. The van der Waals surface area contributed by atoms with Crippen LogP contribution < -0.4 is 14.8 Å². The zero-order valence-corrected chi connectivity index (χ0v) is 16.1. The minimum atomic E-state index is -0.0416. The summed E-state index contributed by atoms with van der Waals surface area (Å²) in [5.41, 5.74) is 1.05. The van der Waals surface area contributed by atoms with Crippen molar-refractivity contribution in [2.24, 2.45) is 5.92 Å². The van der Waals surface area contributed by atoms with Crippen LogP contribution in [0.25, 0.3) is 0 Å². The fourth-order valence-electron chi connectivity index (χ4n) is 2.91. The first kappa shape index (κ1) is 18.6. The van der Waals surface area contributed by atoms with E-state index >= 15 is 0 Å². The van der Waals surface area contributed by atoms with Gasteiger partial charge in [0.15, 0.2) is 11.5 Å². The van der Waals surface area contributed by atoms with Gasteiger partial charge in [0.1, 0.15) is 13.2 Å². The monoisotopic (exact) mass is 371 g/mol. The van der Waals surface area contributed by atoms with Crippen LogP contribution in [0.5, 0.6) is 11.5 Å². The van der Waals surface area contributed by atoms with Gasteiger partial charge in [-0.25, -0.2) is 0 Å². The molecule has 2 aromatic carbocycles. The average molecular weight is 372 g/mol. The van der Waals surface area contributed by atoms with Crippen LogP contribution in [-0.4, -0.2) is 24.9 Å². The zero-order chi connectivity index (χ0) is 18.4. The van der Waals surface area contributed by atoms with E-state index in [0.29, 0.717) is 19.6 Å². The molecule has 5 heteroatoms. The number of hydrogen-bond donors (Lipinski definition) is 1. The lowest BCUT2D eigenvalue weighted by atomic mass is 9.95. The molecule has 1 amide bonds. The van der Waals surface area contributed by atoms with Crippen LogP contribution in [0.15, 0.2) is 53.4 Å². The van der Waals surface area contributed by atoms with Gasteiger partial charge >= 0.3 is 0 Å². The number of rotatable bonds is 7. The Balaban J connectivity index is 1.58. The molecule has 0 fully saturated rings. The van der Waals surface area contributed by atoms with Gasteiger partial charge in [-0.15, -0.1) is 11.8 Å². The minimum absolute atomic E-state index is 0.0416. The highest BCUT2D eigenvalue weighted by Gasteiger charge is 2.21. The fourth-order valence-corrected chi connectivity index (χ4v) is 3.78. The topological polar surface area (TPSA) is 47.6 Å². The third-order valence-electron chi connectivity index (χ3n) is 4.25. The average Bonchev–Trinajstić information content (AvgIpc) is 2.66. The molecule has 4 nitrogen and oxygen atoms in total. The highest BCUT2D eigenvalue weighted by molar-refractivity contribution is 7.99. The van der Waals surface area contributed by atoms with Crippen LogP contribution in [0.3, 0.4) is 0 Å². The first-order valence-electron chi connectivity index (χ1n) is 9.00. The molecule has 26 heavy (non-hydrogen) atoms. The number of hydrogen-bond acceptors (Lipinski definition) is 4. The smallest absolute Gasteiger partial charge is 0.221 e. The summed E-state index contributed by atoms with van der Waals surface area (Å²) in [5.74, 6) is 2.65. The van der Waals surface area contributed by atoms with Crippen molar-refractivity contribution in [3.63, 3.8) is 0 Å². The summed E-state index contributed by atoms with van der Waals surface area (Å²) in [5, 5.41) is 3.18. The largest absolute Gasteiger partial charge is 0.486 e. The number of nitrogens with one attached hydrogen (secondary N) is 1. The van der Waals surface area contributed by atoms with E-state index in [1.807, 2.05) is 36.4 Å². The Bertz CT molecular complexity index is 733. The van der Waals surface area contributed by atoms with Crippen LogP contribution in [0.2, 0.25) is 0 Å². The number of carbonyl (C=O) groups is 1. The molecular formula is C21H25NO3S. The van der Waals surface area contributed by atoms with E-state index in [1.54, 1.807) is 11.8 Å². The molecule has 0 saturated carbocycles. The summed E-state index contributed by atoms with van der Waals surface area (Å²) in [6.45, 7) is 5.36. The molecule has 1 heterocycles. The Hall–Kier alpha value is -2.14. The van der Waals surface area contributed by atoms with Crippen LogP contribution in [-0.2, 0) is 4.79 Å². The van der Waals surface area contributed by atoms with Crippen molar-refractivity contribution in [1.82, 2.24) is 5.32 Å². The second-order valence-corrected chi connectivity index (χ2v) is 7.77. The third-order valence-corrected chi connectivity index (χ3v) is 5.26. The minimum Gasteiger partial charge on any atom is -0.486 e. The van der Waals surface area contributed by atoms with Gasteiger partial charge in [-0.1, -0.05) is 38.1 Å². The van der Waals surface area contributed by atoms with Gasteiger partial charge in [0.05, 0.1) is 6.04 Å². The lowest BCUT2D eigenvalue weighted by molar-refractivity contribution is -0.121. The second kappa shape index (κ2) is 8.99. The summed E-state index contributed by atoms with van der Waals surface area (Å²) in [4.78, 5) is 13.6. The van der Waals surface area contributed by atoms with Crippen LogP contribution in [0.1, 0.15) is 31.9 Å². The highest BCUT2D eigenvalue weighted by Crippen LogP contribution is 2.34. The van der Waals surface area contributed by atoms with E-state index in [0.717, 1.165) is 22.8 Å². The molecule has 1 N–H and O–H groups in total. The normalized spacial score (nSPS) is 14.1. The standard InChI is InChI=1S/C21H25NO3S/c1-15(2)21(16-8-9-18-19(14-16)25-12-11-24-18)22-20(23)10-13-26-17-6-4-3-5-7-17/h3-9,14-15,21H,10-13H2,1-2H3,(H,22,23). The molecule has 1 unspecified atom stereocenters. The van der Waals surface area contributed by atoms with Crippen molar-refractivity contribution in [3.05, 3.63) is 54.1 Å². The van der Waals surface area contributed by atoms with Crippen molar-refractivity contribution in [3.8, 4) is 11.5 Å². The Morgan fingerprint density at radius 2 is 1.81 bits per heavy atom. The molecule has 1 aliphatic heterocycles. The Morgan fingerprint density at radius 1 is 1.08 bits per heavy atom. The molecule has 0 saturated heterocycles. The SMILES string of the molecule is CC(C)C(NC(=O)CCSc1ccccc1)c1ccc2c(c1)OCCO2. The van der Waals surface area contributed by atoms with Gasteiger partial charge < -0.3 is 14.8 Å². The maximum absolute atomic E-state index is 12.4. The summed E-state index contributed by atoms with van der Waals surface area (Å²) < 4.78 is 11.3. The van der Waals surface area contributed by atoms with Crippen molar-refractivity contribution in [2.75, 3.05) is 19.0 Å². The Labute approximate surface area is 159 Å². The zero-order valence-electron chi connectivity index (χ0n) is 15.2. The molecule has 3 rings (SSSR count). The summed E-state index contributed by atoms with van der Waals surface area (Å²) >= 11 is 1.70. The van der Waals surface area contributed by atoms with Crippen LogP contribution in [0.4, 0.5) is 0 Å². The maximum Gasteiger partial charge on any atom is 0.221 e. The fraction of sp³-hybridized carbons (Fsp3) is 0.381. The van der Waals surface area contributed by atoms with E-state index in [9.17, 15) is 4.79 Å². The number of amides is 1. The third kappa shape index (κ3) is 4.94. The number of carbonyl (C=O) groups excluding carboxylic acids is 1. The molecule has 0 aromatic heterocycles. The van der Waals surface area contributed by atoms with Crippen LogP contribution >= 0.6 is 11.8 Å². The Morgan fingerprint density at radius 3 is 2.54 bits per heavy atom. The summed E-state index contributed by atoms with van der Waals surface area (Å²) in [6, 6.07) is 16.0. The molecule has 0 bridgehead atoms. The molecule has 0 radical (unpaired) electrons. The van der Waals surface area contributed by atoms with Gasteiger partial charge in [0.2, 0.25) is 5.91 Å². The van der Waals surface area contributed by atoms with Crippen molar-refractivity contribution in [2.45, 2.75) is 31.2 Å². The lowest BCUT2D eigenvalue weighted by Crippen LogP contribution is -2.32. The maximum atomic E-state index is 12.4. The highest BCUT2D eigenvalue weighted by atomic mass is 32.2. The first-order valence-corrected chi connectivity index (χ1v) is 9.99. The number of thioether (sulfide) groups is 1. The van der Waals surface area contributed by atoms with E-state index in [2.05, 4.69) is 31.3 Å². The van der Waals surface area contributed by atoms with Crippen LogP contribution in [0, 0.1) is 5.92 Å². The van der Waals surface area contributed by atoms with Gasteiger partial charge in [0, 0.05) is 17.1 Å². The molecule has 0 aliphatic carbocycles. The van der Waals surface area contributed by atoms with E-state index in [1.165, 1.54) is 4.90 Å². The van der Waals surface area contributed by atoms with E-state index < -0.39 is 0 Å². The lowest BCUT2D eigenvalue weighted by Gasteiger charge is -2.25.